The summed E-state index contributed by atoms with van der Waals surface area (Å²) in [5.74, 6) is -0.467. The summed E-state index contributed by atoms with van der Waals surface area (Å²) in [6.45, 7) is 6.09. The van der Waals surface area contributed by atoms with Crippen LogP contribution in [0.15, 0.2) is 62.6 Å². The van der Waals surface area contributed by atoms with Crippen LogP contribution in [0.3, 0.4) is 0 Å². The molecule has 1 atom stereocenters. The second kappa shape index (κ2) is 8.88. The molecule has 0 spiro atoms. The van der Waals surface area contributed by atoms with Crippen molar-refractivity contribution in [1.29, 1.82) is 0 Å². The predicted octanol–water partition coefficient (Wildman–Crippen LogP) is 3.63. The average molecular weight is 450 g/mol. The molecule has 1 saturated heterocycles. The topological polar surface area (TPSA) is 96.4 Å². The molecule has 3 aromatic rings. The van der Waals surface area contributed by atoms with Gasteiger partial charge in [-0.3, -0.25) is 14.5 Å². The number of carbonyl (C=O) groups is 2. The number of aliphatic hydroxyl groups excluding tert-OH is 1. The zero-order chi connectivity index (χ0) is 22.9. The number of furan rings is 2. The van der Waals surface area contributed by atoms with Crippen LogP contribution in [-0.2, 0) is 9.53 Å². The highest BCUT2D eigenvalue weighted by molar-refractivity contribution is 6.15. The Morgan fingerprint density at radius 1 is 1.09 bits per heavy atom. The average Bonchev–Trinajstić information content (AvgIpc) is 3.51. The van der Waals surface area contributed by atoms with E-state index in [1.165, 1.54) is 4.90 Å². The second-order valence-electron chi connectivity index (χ2n) is 8.40. The van der Waals surface area contributed by atoms with Gasteiger partial charge in [-0.2, -0.15) is 0 Å². The monoisotopic (exact) mass is 450 g/mol. The van der Waals surface area contributed by atoms with Crippen LogP contribution >= 0.6 is 0 Å². The fourth-order valence-electron chi connectivity index (χ4n) is 4.53. The maximum atomic E-state index is 13.5. The molecular weight excluding hydrogens is 424 g/mol. The van der Waals surface area contributed by atoms with E-state index >= 15 is 0 Å². The van der Waals surface area contributed by atoms with Gasteiger partial charge in [-0.15, -0.1) is 0 Å². The highest BCUT2D eigenvalue weighted by Crippen LogP contribution is 2.40. The van der Waals surface area contributed by atoms with Gasteiger partial charge in [-0.1, -0.05) is 18.2 Å². The minimum Gasteiger partial charge on any atom is -0.503 e. The maximum Gasteiger partial charge on any atom is 0.290 e. The van der Waals surface area contributed by atoms with Crippen molar-refractivity contribution < 1.29 is 28.3 Å². The van der Waals surface area contributed by atoms with E-state index in [0.717, 1.165) is 25.0 Å². The van der Waals surface area contributed by atoms with Crippen molar-refractivity contribution >= 4 is 22.7 Å². The third kappa shape index (κ3) is 4.07. The molecular formula is C25H26N2O6. The molecule has 8 heteroatoms. The second-order valence-corrected chi connectivity index (χ2v) is 8.40. The summed E-state index contributed by atoms with van der Waals surface area (Å²) in [7, 11) is 0. The number of para-hydroxylation sites is 1. The van der Waals surface area contributed by atoms with Crippen LogP contribution in [0.2, 0.25) is 0 Å². The number of aliphatic hydroxyl groups is 1. The summed E-state index contributed by atoms with van der Waals surface area (Å²) in [5.41, 5.74) is 0.554. The molecule has 0 saturated carbocycles. The molecule has 33 heavy (non-hydrogen) atoms. The largest absolute Gasteiger partial charge is 0.503 e. The molecule has 1 aromatic carbocycles. The van der Waals surface area contributed by atoms with Crippen molar-refractivity contribution in [3.8, 4) is 0 Å². The molecule has 0 unspecified atom stereocenters. The van der Waals surface area contributed by atoms with Gasteiger partial charge < -0.3 is 23.6 Å². The maximum absolute atomic E-state index is 13.5. The number of carbonyl (C=O) groups excluding carboxylic acids is 2. The van der Waals surface area contributed by atoms with E-state index in [1.54, 1.807) is 31.2 Å². The number of hydrogen-bond acceptors (Lipinski definition) is 7. The minimum absolute atomic E-state index is 0.0141. The summed E-state index contributed by atoms with van der Waals surface area (Å²) in [5, 5.41) is 11.6. The third-order valence-electron chi connectivity index (χ3n) is 6.21. The molecule has 5 rings (SSSR count). The fraction of sp³-hybridized carbons (Fsp3) is 0.360. The molecule has 1 amide bonds. The van der Waals surface area contributed by atoms with Crippen LogP contribution in [0.4, 0.5) is 0 Å². The molecule has 0 aliphatic carbocycles. The Morgan fingerprint density at radius 2 is 1.88 bits per heavy atom. The van der Waals surface area contributed by atoms with Crippen molar-refractivity contribution in [2.45, 2.75) is 19.4 Å². The molecule has 1 fully saturated rings. The highest BCUT2D eigenvalue weighted by atomic mass is 16.5. The number of ketones is 1. The number of amides is 1. The van der Waals surface area contributed by atoms with Crippen LogP contribution in [0.1, 0.15) is 34.5 Å². The number of ether oxygens (including phenoxy) is 1. The fourth-order valence-corrected chi connectivity index (χ4v) is 4.53. The zero-order valence-corrected chi connectivity index (χ0v) is 18.5. The smallest absolute Gasteiger partial charge is 0.290 e. The molecule has 8 nitrogen and oxygen atoms in total. The zero-order valence-electron chi connectivity index (χ0n) is 18.5. The van der Waals surface area contributed by atoms with Gasteiger partial charge in [0.05, 0.1) is 18.8 Å². The molecule has 2 aliphatic heterocycles. The number of aryl methyl sites for hydroxylation is 1. The molecule has 4 heterocycles. The number of morpholine rings is 1. The number of benzene rings is 1. The van der Waals surface area contributed by atoms with Gasteiger partial charge in [-0.25, -0.2) is 0 Å². The predicted molar refractivity (Wildman–Crippen MR) is 120 cm³/mol. The lowest BCUT2D eigenvalue weighted by atomic mass is 9.99. The van der Waals surface area contributed by atoms with E-state index in [9.17, 15) is 14.7 Å². The number of hydrogen-bond donors (Lipinski definition) is 1. The first-order chi connectivity index (χ1) is 16.0. The Morgan fingerprint density at radius 3 is 2.61 bits per heavy atom. The van der Waals surface area contributed by atoms with E-state index in [2.05, 4.69) is 4.90 Å². The number of nitrogens with zero attached hydrogens (tertiary/aromatic N) is 2. The lowest BCUT2D eigenvalue weighted by molar-refractivity contribution is -0.129. The molecule has 0 bridgehead atoms. The Hall–Kier alpha value is -3.36. The van der Waals surface area contributed by atoms with Gasteiger partial charge in [0, 0.05) is 31.6 Å². The highest BCUT2D eigenvalue weighted by Gasteiger charge is 2.45. The summed E-state index contributed by atoms with van der Waals surface area (Å²) >= 11 is 0. The molecule has 2 aliphatic rings. The van der Waals surface area contributed by atoms with E-state index in [4.69, 9.17) is 13.6 Å². The molecule has 0 radical (unpaired) electrons. The number of rotatable bonds is 7. The van der Waals surface area contributed by atoms with E-state index < -0.39 is 23.5 Å². The lowest BCUT2D eigenvalue weighted by Crippen LogP contribution is -2.39. The summed E-state index contributed by atoms with van der Waals surface area (Å²) in [6.07, 6.45) is 0.696. The Kier molecular flexibility index (Phi) is 5.78. The Bertz CT molecular complexity index is 1180. The van der Waals surface area contributed by atoms with Crippen LogP contribution < -0.4 is 0 Å². The lowest BCUT2D eigenvalue weighted by Gasteiger charge is -2.29. The molecule has 172 valence electrons. The van der Waals surface area contributed by atoms with E-state index in [-0.39, 0.29) is 11.3 Å². The van der Waals surface area contributed by atoms with Gasteiger partial charge in [0.1, 0.15) is 23.1 Å². The van der Waals surface area contributed by atoms with Gasteiger partial charge in [0.15, 0.2) is 11.5 Å². The first-order valence-electron chi connectivity index (χ1n) is 11.2. The summed E-state index contributed by atoms with van der Waals surface area (Å²) < 4.78 is 16.9. The normalized spacial score (nSPS) is 19.7. The van der Waals surface area contributed by atoms with Gasteiger partial charge >= 0.3 is 0 Å². The first kappa shape index (κ1) is 21.5. The number of fused-ring (bicyclic) bond motifs is 1. The Labute approximate surface area is 191 Å². The van der Waals surface area contributed by atoms with Crippen LogP contribution in [0.5, 0.6) is 0 Å². The van der Waals surface area contributed by atoms with Gasteiger partial charge in [-0.05, 0) is 37.6 Å². The minimum atomic E-state index is -0.809. The van der Waals surface area contributed by atoms with E-state index in [0.29, 0.717) is 43.3 Å². The van der Waals surface area contributed by atoms with Crippen LogP contribution in [0.25, 0.3) is 11.0 Å². The first-order valence-corrected chi connectivity index (χ1v) is 11.2. The van der Waals surface area contributed by atoms with Crippen molar-refractivity contribution in [3.63, 3.8) is 0 Å². The summed E-state index contributed by atoms with van der Waals surface area (Å²) in [4.78, 5) is 30.3. The number of Topliss-reactive ketones (excluding diaryl/α,β-unsaturated/α-hetero) is 1. The van der Waals surface area contributed by atoms with Gasteiger partial charge in [0.25, 0.3) is 5.91 Å². The SMILES string of the molecule is Cc1ccc([C@@H]2C(C(=O)c3cc4ccccc4o3)=C(O)C(=O)N2CCCN2CCOCC2)o1. The van der Waals surface area contributed by atoms with Crippen molar-refractivity contribution in [2.24, 2.45) is 0 Å². The molecule has 2 aromatic heterocycles. The quantitative estimate of drug-likeness (QED) is 0.549. The molecule has 1 N–H and O–H groups in total. The van der Waals surface area contributed by atoms with Gasteiger partial charge in [0.2, 0.25) is 5.78 Å². The standard InChI is InChI=1S/C25H26N2O6/c1-16-7-8-19(32-16)22-21(23(28)20-15-17-5-2-3-6-18(17)33-20)24(29)25(30)27(22)10-4-9-26-11-13-31-14-12-26/h2-3,5-8,15,22,29H,4,9-14H2,1H3/t22-/m1/s1. The van der Waals surface area contributed by atoms with Crippen molar-refractivity contribution in [1.82, 2.24) is 9.80 Å². The summed E-state index contributed by atoms with van der Waals surface area (Å²) in [6, 6.07) is 11.6. The van der Waals surface area contributed by atoms with Crippen molar-refractivity contribution in [2.75, 3.05) is 39.4 Å². The van der Waals surface area contributed by atoms with Crippen LogP contribution in [0, 0.1) is 6.92 Å². The van der Waals surface area contributed by atoms with Crippen LogP contribution in [-0.4, -0.2) is 66.0 Å². The third-order valence-corrected chi connectivity index (χ3v) is 6.21. The van der Waals surface area contributed by atoms with Crippen molar-refractivity contribution in [3.05, 3.63) is 71.1 Å². The Balaban J connectivity index is 1.43. The van der Waals surface area contributed by atoms with E-state index in [1.807, 2.05) is 18.2 Å².